The zero-order valence-electron chi connectivity index (χ0n) is 12.2. The fourth-order valence-electron chi connectivity index (χ4n) is 2.48. The van der Waals surface area contributed by atoms with Gasteiger partial charge >= 0.3 is 5.97 Å². The second kappa shape index (κ2) is 5.82. The molecular weight excluding hydrogens is 274 g/mol. The predicted molar refractivity (Wildman–Crippen MR) is 86.8 cm³/mol. The second-order valence-electron chi connectivity index (χ2n) is 5.05. The molecule has 1 heterocycles. The highest BCUT2D eigenvalue weighted by Crippen LogP contribution is 2.32. The maximum Gasteiger partial charge on any atom is 0.337 e. The van der Waals surface area contributed by atoms with Crippen LogP contribution < -0.4 is 0 Å². The first kappa shape index (κ1) is 14.0. The van der Waals surface area contributed by atoms with Crippen molar-refractivity contribution in [2.75, 3.05) is 0 Å². The Bertz CT molecular complexity index is 812. The first-order valence-corrected chi connectivity index (χ1v) is 7.02. The summed E-state index contributed by atoms with van der Waals surface area (Å²) in [5, 5.41) is 9.36. The van der Waals surface area contributed by atoms with E-state index in [1.807, 2.05) is 60.7 Å². The lowest BCUT2D eigenvalue weighted by Crippen LogP contribution is -2.04. The lowest BCUT2D eigenvalue weighted by molar-refractivity contribution is 0.0695. The summed E-state index contributed by atoms with van der Waals surface area (Å²) in [5.41, 5.74) is 4.31. The van der Waals surface area contributed by atoms with E-state index in [0.29, 0.717) is 5.69 Å². The lowest BCUT2D eigenvalue weighted by Gasteiger charge is -2.12. The quantitative estimate of drug-likeness (QED) is 0.776. The molecule has 0 unspecified atom stereocenters. The summed E-state index contributed by atoms with van der Waals surface area (Å²) < 4.78 is 0. The van der Waals surface area contributed by atoms with Crippen LogP contribution in [0.1, 0.15) is 16.1 Å². The van der Waals surface area contributed by atoms with Gasteiger partial charge in [-0.15, -0.1) is 0 Å². The third kappa shape index (κ3) is 2.61. The van der Waals surface area contributed by atoms with Crippen molar-refractivity contribution in [3.63, 3.8) is 0 Å². The molecule has 0 saturated carbocycles. The van der Waals surface area contributed by atoms with Gasteiger partial charge in [0.1, 0.15) is 0 Å². The van der Waals surface area contributed by atoms with Crippen molar-refractivity contribution in [2.45, 2.75) is 6.92 Å². The fourth-order valence-corrected chi connectivity index (χ4v) is 2.48. The number of hydrogen-bond donors (Lipinski definition) is 1. The van der Waals surface area contributed by atoms with Gasteiger partial charge in [-0.05, 0) is 18.6 Å². The van der Waals surface area contributed by atoms with Crippen LogP contribution in [0, 0.1) is 6.92 Å². The topological polar surface area (TPSA) is 50.2 Å². The van der Waals surface area contributed by atoms with Crippen molar-refractivity contribution in [2.24, 2.45) is 0 Å². The van der Waals surface area contributed by atoms with Crippen LogP contribution in [0.25, 0.3) is 22.4 Å². The first-order valence-electron chi connectivity index (χ1n) is 7.02. The molecule has 0 bridgehead atoms. The summed E-state index contributed by atoms with van der Waals surface area (Å²) in [6, 6.07) is 21.3. The van der Waals surface area contributed by atoms with Crippen LogP contribution in [0.2, 0.25) is 0 Å². The molecule has 1 N–H and O–H groups in total. The summed E-state index contributed by atoms with van der Waals surface area (Å²) in [7, 11) is 0. The average Bonchev–Trinajstić information content (AvgIpc) is 2.56. The molecule has 3 aromatic rings. The van der Waals surface area contributed by atoms with Crippen molar-refractivity contribution in [1.29, 1.82) is 0 Å². The van der Waals surface area contributed by atoms with Gasteiger partial charge in [-0.3, -0.25) is 4.98 Å². The summed E-state index contributed by atoms with van der Waals surface area (Å²) in [6.45, 7) is 1.73. The number of pyridine rings is 1. The van der Waals surface area contributed by atoms with Gasteiger partial charge in [-0.2, -0.15) is 0 Å². The van der Waals surface area contributed by atoms with Gasteiger partial charge in [0.25, 0.3) is 0 Å². The maximum atomic E-state index is 11.4. The Hall–Kier alpha value is -2.94. The Balaban J connectivity index is 2.29. The second-order valence-corrected chi connectivity index (χ2v) is 5.05. The largest absolute Gasteiger partial charge is 0.478 e. The minimum absolute atomic E-state index is 0.235. The molecule has 3 rings (SSSR count). The fraction of sp³-hybridized carbons (Fsp3) is 0.0526. The van der Waals surface area contributed by atoms with Gasteiger partial charge in [0.15, 0.2) is 0 Å². The van der Waals surface area contributed by atoms with Crippen molar-refractivity contribution in [3.05, 3.63) is 78.0 Å². The van der Waals surface area contributed by atoms with Crippen molar-refractivity contribution in [1.82, 2.24) is 4.98 Å². The van der Waals surface area contributed by atoms with Crippen LogP contribution in [0.5, 0.6) is 0 Å². The Morgan fingerprint density at radius 3 is 2.00 bits per heavy atom. The highest BCUT2D eigenvalue weighted by atomic mass is 16.4. The minimum atomic E-state index is -0.957. The standard InChI is InChI=1S/C19H15NO2/c1-13-16(19(21)22)12-17(14-8-4-2-5-9-14)18(20-13)15-10-6-3-7-11-15/h2-12H,1H3,(H,21,22). The van der Waals surface area contributed by atoms with Gasteiger partial charge in [0.05, 0.1) is 17.0 Å². The molecule has 3 nitrogen and oxygen atoms in total. The number of nitrogens with zero attached hydrogens (tertiary/aromatic N) is 1. The van der Waals surface area contributed by atoms with Crippen molar-refractivity contribution >= 4 is 5.97 Å². The van der Waals surface area contributed by atoms with Crippen LogP contribution in [0.3, 0.4) is 0 Å². The number of hydrogen-bond acceptors (Lipinski definition) is 2. The number of carbonyl (C=O) groups is 1. The molecule has 0 saturated heterocycles. The van der Waals surface area contributed by atoms with E-state index >= 15 is 0 Å². The van der Waals surface area contributed by atoms with Crippen LogP contribution in [0.4, 0.5) is 0 Å². The zero-order valence-corrected chi connectivity index (χ0v) is 12.2. The highest BCUT2D eigenvalue weighted by Gasteiger charge is 2.16. The van der Waals surface area contributed by atoms with Crippen molar-refractivity contribution in [3.8, 4) is 22.4 Å². The van der Waals surface area contributed by atoms with Gasteiger partial charge in [0.2, 0.25) is 0 Å². The Morgan fingerprint density at radius 2 is 1.45 bits per heavy atom. The molecule has 0 spiro atoms. The van der Waals surface area contributed by atoms with Crippen LogP contribution in [-0.4, -0.2) is 16.1 Å². The maximum absolute atomic E-state index is 11.4. The average molecular weight is 289 g/mol. The number of carboxylic acid groups (broad SMARTS) is 1. The number of aryl methyl sites for hydroxylation is 1. The van der Waals surface area contributed by atoms with Crippen LogP contribution >= 0.6 is 0 Å². The molecular formula is C19H15NO2. The number of benzene rings is 2. The van der Waals surface area contributed by atoms with Crippen LogP contribution in [-0.2, 0) is 0 Å². The SMILES string of the molecule is Cc1nc(-c2ccccc2)c(-c2ccccc2)cc1C(=O)O. The molecule has 22 heavy (non-hydrogen) atoms. The normalized spacial score (nSPS) is 10.4. The van der Waals surface area contributed by atoms with Gasteiger partial charge in [-0.1, -0.05) is 60.7 Å². The molecule has 0 atom stereocenters. The monoisotopic (exact) mass is 289 g/mol. The third-order valence-electron chi connectivity index (χ3n) is 3.58. The summed E-state index contributed by atoms with van der Waals surface area (Å²) >= 11 is 0. The number of aromatic nitrogens is 1. The Morgan fingerprint density at radius 1 is 0.909 bits per heavy atom. The molecule has 1 aromatic heterocycles. The van der Waals surface area contributed by atoms with E-state index in [0.717, 1.165) is 22.4 Å². The van der Waals surface area contributed by atoms with E-state index in [-0.39, 0.29) is 5.56 Å². The smallest absolute Gasteiger partial charge is 0.337 e. The van der Waals surface area contributed by atoms with E-state index in [1.165, 1.54) is 0 Å². The minimum Gasteiger partial charge on any atom is -0.478 e. The zero-order chi connectivity index (χ0) is 15.5. The van der Waals surface area contributed by atoms with E-state index in [9.17, 15) is 9.90 Å². The van der Waals surface area contributed by atoms with Crippen molar-refractivity contribution < 1.29 is 9.90 Å². The molecule has 2 aromatic carbocycles. The molecule has 0 aliphatic heterocycles. The van der Waals surface area contributed by atoms with Gasteiger partial charge < -0.3 is 5.11 Å². The van der Waals surface area contributed by atoms with Crippen LogP contribution in [0.15, 0.2) is 66.7 Å². The first-order chi connectivity index (χ1) is 10.7. The molecule has 0 radical (unpaired) electrons. The molecule has 0 aliphatic carbocycles. The Labute approximate surface area is 128 Å². The number of carboxylic acids is 1. The third-order valence-corrected chi connectivity index (χ3v) is 3.58. The van der Waals surface area contributed by atoms with E-state index in [4.69, 9.17) is 0 Å². The molecule has 108 valence electrons. The summed E-state index contributed by atoms with van der Waals surface area (Å²) in [6.07, 6.45) is 0. The Kier molecular flexibility index (Phi) is 3.71. The molecule has 0 aliphatic rings. The number of aromatic carboxylic acids is 1. The van der Waals surface area contributed by atoms with E-state index in [2.05, 4.69) is 4.98 Å². The summed E-state index contributed by atoms with van der Waals surface area (Å²) in [4.78, 5) is 16.0. The van der Waals surface area contributed by atoms with Gasteiger partial charge in [0, 0.05) is 11.1 Å². The molecule has 0 amide bonds. The van der Waals surface area contributed by atoms with E-state index in [1.54, 1.807) is 13.0 Å². The summed E-state index contributed by atoms with van der Waals surface area (Å²) in [5.74, 6) is -0.957. The highest BCUT2D eigenvalue weighted by molar-refractivity contribution is 5.93. The van der Waals surface area contributed by atoms with E-state index < -0.39 is 5.97 Å². The predicted octanol–water partition coefficient (Wildman–Crippen LogP) is 4.42. The number of rotatable bonds is 3. The lowest BCUT2D eigenvalue weighted by atomic mass is 9.97. The molecule has 3 heteroatoms. The van der Waals surface area contributed by atoms with Gasteiger partial charge in [-0.25, -0.2) is 4.79 Å². The molecule has 0 fully saturated rings.